The van der Waals surface area contributed by atoms with Gasteiger partial charge in [-0.25, -0.2) is 0 Å². The zero-order valence-corrected chi connectivity index (χ0v) is 11.3. The minimum absolute atomic E-state index is 0.0586. The van der Waals surface area contributed by atoms with E-state index in [0.717, 1.165) is 12.0 Å². The summed E-state index contributed by atoms with van der Waals surface area (Å²) in [5.41, 5.74) is 0.831. The van der Waals surface area contributed by atoms with Crippen LogP contribution >= 0.6 is 0 Å². The number of amides is 1. The summed E-state index contributed by atoms with van der Waals surface area (Å²) >= 11 is 0. The first kappa shape index (κ1) is 15.2. The molecular formula is C15H21NO3. The van der Waals surface area contributed by atoms with Crippen molar-refractivity contribution in [2.24, 2.45) is 5.92 Å². The smallest absolute Gasteiger partial charge is 0.244 e. The first-order valence-electron chi connectivity index (χ1n) is 6.39. The Morgan fingerprint density at radius 3 is 2.47 bits per heavy atom. The summed E-state index contributed by atoms with van der Waals surface area (Å²) in [6, 6.07) is 6.35. The third-order valence-electron chi connectivity index (χ3n) is 2.64. The number of aliphatic hydroxyl groups excluding tert-OH is 1. The van der Waals surface area contributed by atoms with Gasteiger partial charge in [0.2, 0.25) is 5.91 Å². The summed E-state index contributed by atoms with van der Waals surface area (Å²) < 4.78 is 0. The summed E-state index contributed by atoms with van der Waals surface area (Å²) in [6.45, 7) is 4.03. The number of benzene rings is 1. The van der Waals surface area contributed by atoms with E-state index in [-0.39, 0.29) is 24.3 Å². The number of aliphatic hydroxyl groups is 1. The number of nitrogens with one attached hydrogen (secondary N) is 1. The first-order chi connectivity index (χ1) is 9.01. The Labute approximate surface area is 113 Å². The maximum Gasteiger partial charge on any atom is 0.244 e. The molecule has 19 heavy (non-hydrogen) atoms. The Kier molecular flexibility index (Phi) is 6.09. The van der Waals surface area contributed by atoms with Gasteiger partial charge in [-0.1, -0.05) is 26.0 Å². The average Bonchev–Trinajstić information content (AvgIpc) is 2.36. The van der Waals surface area contributed by atoms with E-state index in [0.29, 0.717) is 5.92 Å². The van der Waals surface area contributed by atoms with E-state index in [9.17, 15) is 9.90 Å². The minimum atomic E-state index is -0.229. The van der Waals surface area contributed by atoms with Crippen molar-refractivity contribution in [3.8, 4) is 5.75 Å². The molecule has 104 valence electrons. The Morgan fingerprint density at radius 2 is 1.95 bits per heavy atom. The fourth-order valence-electron chi connectivity index (χ4n) is 1.75. The van der Waals surface area contributed by atoms with Crippen molar-refractivity contribution in [3.05, 3.63) is 35.9 Å². The molecule has 0 heterocycles. The molecule has 0 saturated carbocycles. The fraction of sp³-hybridized carbons (Fsp3) is 0.400. The van der Waals surface area contributed by atoms with Crippen molar-refractivity contribution in [2.45, 2.75) is 26.3 Å². The Hall–Kier alpha value is -1.81. The highest BCUT2D eigenvalue weighted by Crippen LogP contribution is 2.10. The molecule has 4 nitrogen and oxygen atoms in total. The molecule has 1 unspecified atom stereocenters. The van der Waals surface area contributed by atoms with E-state index in [4.69, 9.17) is 5.11 Å². The molecule has 1 aromatic rings. The van der Waals surface area contributed by atoms with Gasteiger partial charge in [0, 0.05) is 6.08 Å². The maximum absolute atomic E-state index is 11.7. The fourth-order valence-corrected chi connectivity index (χ4v) is 1.75. The van der Waals surface area contributed by atoms with Gasteiger partial charge in [-0.3, -0.25) is 4.79 Å². The second kappa shape index (κ2) is 7.59. The van der Waals surface area contributed by atoms with Gasteiger partial charge < -0.3 is 15.5 Å². The van der Waals surface area contributed by atoms with E-state index >= 15 is 0 Å². The number of aromatic hydroxyl groups is 1. The summed E-state index contributed by atoms with van der Waals surface area (Å²) in [7, 11) is 0. The summed E-state index contributed by atoms with van der Waals surface area (Å²) in [6.07, 6.45) is 3.84. The lowest BCUT2D eigenvalue weighted by Crippen LogP contribution is -2.37. The maximum atomic E-state index is 11.7. The molecule has 3 N–H and O–H groups in total. The number of rotatable bonds is 6. The standard InChI is InChI=1S/C15H21NO3/c1-11(2)9-13(10-17)16-15(19)8-5-12-3-6-14(18)7-4-12/h3-8,11,13,17-18H,9-10H2,1-2H3,(H,16,19). The normalized spacial score (nSPS) is 12.8. The molecule has 0 saturated heterocycles. The van der Waals surface area contributed by atoms with Gasteiger partial charge in [-0.2, -0.15) is 0 Å². The highest BCUT2D eigenvalue weighted by molar-refractivity contribution is 5.91. The van der Waals surface area contributed by atoms with Crippen LogP contribution in [0.4, 0.5) is 0 Å². The lowest BCUT2D eigenvalue weighted by Gasteiger charge is -2.17. The van der Waals surface area contributed by atoms with Crippen LogP contribution in [0.2, 0.25) is 0 Å². The molecular weight excluding hydrogens is 242 g/mol. The van der Waals surface area contributed by atoms with Crippen LogP contribution in [-0.4, -0.2) is 28.8 Å². The molecule has 0 bridgehead atoms. The number of carbonyl (C=O) groups excluding carboxylic acids is 1. The van der Waals surface area contributed by atoms with Crippen LogP contribution < -0.4 is 5.32 Å². The molecule has 1 atom stereocenters. The van der Waals surface area contributed by atoms with Crippen LogP contribution in [0.25, 0.3) is 6.08 Å². The van der Waals surface area contributed by atoms with Gasteiger partial charge in [0.1, 0.15) is 5.75 Å². The first-order valence-corrected chi connectivity index (χ1v) is 6.39. The summed E-state index contributed by atoms with van der Waals surface area (Å²) in [5, 5.41) is 21.1. The average molecular weight is 263 g/mol. The van der Waals surface area contributed by atoms with E-state index in [1.165, 1.54) is 6.08 Å². The number of phenolic OH excluding ortho intramolecular Hbond substituents is 1. The molecule has 1 amide bonds. The van der Waals surface area contributed by atoms with Gasteiger partial charge in [-0.15, -0.1) is 0 Å². The Balaban J connectivity index is 2.52. The van der Waals surface area contributed by atoms with Crippen molar-refractivity contribution in [2.75, 3.05) is 6.61 Å². The van der Waals surface area contributed by atoms with Gasteiger partial charge in [0.15, 0.2) is 0 Å². The van der Waals surface area contributed by atoms with Crippen molar-refractivity contribution >= 4 is 12.0 Å². The molecule has 0 radical (unpaired) electrons. The predicted molar refractivity (Wildman–Crippen MR) is 75.6 cm³/mol. The molecule has 0 aliphatic rings. The van der Waals surface area contributed by atoms with Crippen LogP contribution in [0.3, 0.4) is 0 Å². The zero-order chi connectivity index (χ0) is 14.3. The molecule has 0 fully saturated rings. The highest BCUT2D eigenvalue weighted by Gasteiger charge is 2.10. The van der Waals surface area contributed by atoms with E-state index in [1.54, 1.807) is 30.3 Å². The van der Waals surface area contributed by atoms with Crippen LogP contribution in [0.15, 0.2) is 30.3 Å². The summed E-state index contributed by atoms with van der Waals surface area (Å²) in [4.78, 5) is 11.7. The second-order valence-electron chi connectivity index (χ2n) is 4.94. The number of carbonyl (C=O) groups is 1. The van der Waals surface area contributed by atoms with Crippen molar-refractivity contribution < 1.29 is 15.0 Å². The molecule has 0 aliphatic carbocycles. The van der Waals surface area contributed by atoms with Crippen molar-refractivity contribution in [3.63, 3.8) is 0 Å². The number of phenols is 1. The van der Waals surface area contributed by atoms with Gasteiger partial charge in [0.05, 0.1) is 12.6 Å². The largest absolute Gasteiger partial charge is 0.508 e. The van der Waals surface area contributed by atoms with E-state index in [1.807, 2.05) is 13.8 Å². The van der Waals surface area contributed by atoms with Crippen LogP contribution in [0.5, 0.6) is 5.75 Å². The third kappa shape index (κ3) is 6.06. The molecule has 0 aliphatic heterocycles. The molecule has 1 rings (SSSR count). The lowest BCUT2D eigenvalue weighted by molar-refractivity contribution is -0.117. The predicted octanol–water partition coefficient (Wildman–Crippen LogP) is 1.93. The van der Waals surface area contributed by atoms with Crippen molar-refractivity contribution in [1.29, 1.82) is 0 Å². The monoisotopic (exact) mass is 263 g/mol. The van der Waals surface area contributed by atoms with Crippen LogP contribution in [-0.2, 0) is 4.79 Å². The molecule has 0 aromatic heterocycles. The van der Waals surface area contributed by atoms with Gasteiger partial charge in [-0.05, 0) is 36.1 Å². The zero-order valence-electron chi connectivity index (χ0n) is 11.3. The quantitative estimate of drug-likeness (QED) is 0.687. The minimum Gasteiger partial charge on any atom is -0.508 e. The SMILES string of the molecule is CC(C)CC(CO)NC(=O)C=Cc1ccc(O)cc1. The highest BCUT2D eigenvalue weighted by atomic mass is 16.3. The van der Waals surface area contributed by atoms with E-state index < -0.39 is 0 Å². The summed E-state index contributed by atoms with van der Waals surface area (Å²) in [5.74, 6) is 0.380. The van der Waals surface area contributed by atoms with Crippen LogP contribution in [0.1, 0.15) is 25.8 Å². The Bertz CT molecular complexity index is 424. The second-order valence-corrected chi connectivity index (χ2v) is 4.94. The van der Waals surface area contributed by atoms with Gasteiger partial charge >= 0.3 is 0 Å². The third-order valence-corrected chi connectivity index (χ3v) is 2.64. The Morgan fingerprint density at radius 1 is 1.32 bits per heavy atom. The molecule has 0 spiro atoms. The van der Waals surface area contributed by atoms with E-state index in [2.05, 4.69) is 5.32 Å². The van der Waals surface area contributed by atoms with Crippen molar-refractivity contribution in [1.82, 2.24) is 5.32 Å². The van der Waals surface area contributed by atoms with Crippen LogP contribution in [0, 0.1) is 5.92 Å². The lowest BCUT2D eigenvalue weighted by atomic mass is 10.0. The molecule has 4 heteroatoms. The molecule has 1 aromatic carbocycles. The topological polar surface area (TPSA) is 69.6 Å². The number of hydrogen-bond acceptors (Lipinski definition) is 3. The number of hydrogen-bond donors (Lipinski definition) is 3. The van der Waals surface area contributed by atoms with Gasteiger partial charge in [0.25, 0.3) is 0 Å².